The Morgan fingerprint density at radius 3 is 1.61 bits per heavy atom. The summed E-state index contributed by atoms with van der Waals surface area (Å²) in [6.45, 7) is 2.16. The minimum Gasteiger partial charge on any atom is -0.412 e. The number of hydrogen-bond acceptors (Lipinski definition) is 13. The average molecular weight is 946 g/mol. The minimum atomic E-state index is -3.17. The van der Waals surface area contributed by atoms with Crippen molar-refractivity contribution < 1.29 is 58.0 Å². The SMILES string of the molecule is CO[Si](CCC1CCC2OC2C1)(OC)OC(C)[Si](CCC1CCC2OC2C1)(OC)O[SiH](CCC1CCC2OC2C1)O[S+](CC1CCC2OC2C1)O[SiH](O)CC1CC2CC(C1)O2. The third-order valence-electron chi connectivity index (χ3n) is 16.7. The predicted molar refractivity (Wildman–Crippen MR) is 238 cm³/mol. The molecule has 11 rings (SSSR count). The first-order chi connectivity index (χ1) is 29.7. The van der Waals surface area contributed by atoms with Gasteiger partial charge in [0.1, 0.15) is 0 Å². The Bertz CT molecular complexity index is 1440. The summed E-state index contributed by atoms with van der Waals surface area (Å²) in [5.41, 5.74) is -0.348. The van der Waals surface area contributed by atoms with Crippen LogP contribution in [0.1, 0.15) is 122 Å². The molecule has 0 spiro atoms. The summed E-state index contributed by atoms with van der Waals surface area (Å²) in [6, 6.07) is 3.18. The van der Waals surface area contributed by atoms with Crippen LogP contribution in [0, 0.1) is 29.6 Å². The zero-order chi connectivity index (χ0) is 41.7. The minimum absolute atomic E-state index is 0.348. The molecule has 19 unspecified atom stereocenters. The van der Waals surface area contributed by atoms with Gasteiger partial charge in [-0.15, -0.1) is 0 Å². The van der Waals surface area contributed by atoms with Crippen molar-refractivity contribution in [2.45, 2.75) is 213 Å². The lowest BCUT2D eigenvalue weighted by atomic mass is 9.82. The second-order valence-electron chi connectivity index (χ2n) is 20.9. The first-order valence-electron chi connectivity index (χ1n) is 24.7. The van der Waals surface area contributed by atoms with Crippen molar-refractivity contribution in [3.63, 3.8) is 0 Å². The molecule has 11 aliphatic rings. The van der Waals surface area contributed by atoms with Gasteiger partial charge in [0.15, 0.2) is 5.75 Å². The van der Waals surface area contributed by atoms with Crippen molar-refractivity contribution >= 4 is 47.4 Å². The van der Waals surface area contributed by atoms with Gasteiger partial charge in [0.05, 0.1) is 66.8 Å². The second-order valence-corrected chi connectivity index (χ2v) is 33.4. The van der Waals surface area contributed by atoms with Crippen molar-refractivity contribution in [2.24, 2.45) is 29.6 Å². The van der Waals surface area contributed by atoms with Gasteiger partial charge in [0, 0.05) is 33.3 Å². The lowest BCUT2D eigenvalue weighted by molar-refractivity contribution is -0.170. The fraction of sp³-hybridized carbons (Fsp3) is 1.00. The second kappa shape index (κ2) is 19.7. The number of hydrogen-bond donors (Lipinski definition) is 1. The Morgan fingerprint density at radius 1 is 0.574 bits per heavy atom. The highest BCUT2D eigenvalue weighted by Crippen LogP contribution is 2.46. The molecule has 0 amide bonds. The maximum Gasteiger partial charge on any atom is 0.500 e. The molecular weight excluding hydrogens is 869 g/mol. The number of epoxide rings is 4. The van der Waals surface area contributed by atoms with Crippen LogP contribution in [0.3, 0.4) is 0 Å². The molecule has 6 heterocycles. The maximum absolute atomic E-state index is 11.8. The average Bonchev–Trinajstić information content (AvgIpc) is 4.06. The molecule has 6 saturated heterocycles. The monoisotopic (exact) mass is 945 g/mol. The van der Waals surface area contributed by atoms with E-state index in [0.29, 0.717) is 90.6 Å². The van der Waals surface area contributed by atoms with Crippen molar-refractivity contribution in [3.05, 3.63) is 0 Å². The molecule has 13 nitrogen and oxygen atoms in total. The summed E-state index contributed by atoms with van der Waals surface area (Å²) in [5, 5.41) is 0. The molecule has 0 radical (unpaired) electrons. The summed E-state index contributed by atoms with van der Waals surface area (Å²) in [6.07, 6.45) is 24.2. The van der Waals surface area contributed by atoms with Crippen LogP contribution >= 0.6 is 0 Å². The highest BCUT2D eigenvalue weighted by atomic mass is 32.2. The van der Waals surface area contributed by atoms with Gasteiger partial charge >= 0.3 is 35.9 Å². The van der Waals surface area contributed by atoms with Crippen LogP contribution in [0.15, 0.2) is 0 Å². The fourth-order valence-electron chi connectivity index (χ4n) is 12.6. The normalized spacial score (nSPS) is 43.5. The number of fused-ring (bicyclic) bond motifs is 6. The Morgan fingerprint density at radius 2 is 1.08 bits per heavy atom. The Hall–Kier alpha value is 0.698. The molecule has 5 aliphatic carbocycles. The van der Waals surface area contributed by atoms with Gasteiger partial charge in [-0.1, -0.05) is 0 Å². The van der Waals surface area contributed by atoms with Gasteiger partial charge in [-0.2, -0.15) is 7.74 Å². The standard InChI is InChI=1S/C43H77O13SSi4/c1-28(53-61(46-3,47-4)18-15-31-7-11-38-42(23-31)51-38)60(45-2,17-14-30-6-10-37-41(22-30)50-37)56-59(16-13-29-5-9-36-40(21-29)49-36)55-57(26-32-8-12-39-43(24-32)52-39)54-58(44)27-33-19-34-25-35(20-33)48-34/h28-44,58-59H,5-27H2,1-4H3/q+1. The first-order valence-corrected chi connectivity index (χ1v) is 33.5. The Labute approximate surface area is 374 Å². The van der Waals surface area contributed by atoms with E-state index in [1.165, 1.54) is 25.7 Å². The van der Waals surface area contributed by atoms with E-state index in [-0.39, 0.29) is 5.73 Å². The van der Waals surface area contributed by atoms with Crippen molar-refractivity contribution in [2.75, 3.05) is 27.1 Å². The molecule has 2 bridgehead atoms. The summed E-state index contributed by atoms with van der Waals surface area (Å²) >= 11 is -0.876. The van der Waals surface area contributed by atoms with Crippen molar-refractivity contribution in [1.29, 1.82) is 0 Å². The highest BCUT2D eigenvalue weighted by Gasteiger charge is 2.56. The lowest BCUT2D eigenvalue weighted by Gasteiger charge is -2.45. The number of ether oxygens (including phenoxy) is 5. The molecule has 19 atom stereocenters. The van der Waals surface area contributed by atoms with Gasteiger partial charge in [-0.25, -0.2) is 0 Å². The zero-order valence-electron chi connectivity index (χ0n) is 37.4. The van der Waals surface area contributed by atoms with Gasteiger partial charge in [-0.05, 0) is 164 Å². The van der Waals surface area contributed by atoms with E-state index >= 15 is 0 Å². The maximum atomic E-state index is 11.8. The molecule has 0 aromatic carbocycles. The highest BCUT2D eigenvalue weighted by molar-refractivity contribution is 7.89. The third-order valence-corrected chi connectivity index (χ3v) is 31.6. The van der Waals surface area contributed by atoms with Crippen LogP contribution in [-0.2, 0) is 64.7 Å². The summed E-state index contributed by atoms with van der Waals surface area (Å²) in [4.78, 5) is 11.8. The van der Waals surface area contributed by atoms with Crippen molar-refractivity contribution in [3.8, 4) is 0 Å². The van der Waals surface area contributed by atoms with E-state index < -0.39 is 47.4 Å². The largest absolute Gasteiger partial charge is 0.500 e. The number of rotatable bonds is 25. The van der Waals surface area contributed by atoms with E-state index in [1.54, 1.807) is 14.2 Å². The molecule has 0 aromatic heterocycles. The summed E-state index contributed by atoms with van der Waals surface area (Å²) in [7, 11) is -5.95. The van der Waals surface area contributed by atoms with Crippen LogP contribution in [0.25, 0.3) is 0 Å². The molecule has 18 heteroatoms. The van der Waals surface area contributed by atoms with E-state index in [9.17, 15) is 4.80 Å². The fourth-order valence-corrected chi connectivity index (χ4v) is 28.5. The van der Waals surface area contributed by atoms with Gasteiger partial charge in [0.25, 0.3) is 11.5 Å². The van der Waals surface area contributed by atoms with Gasteiger partial charge in [0.2, 0.25) is 0 Å². The van der Waals surface area contributed by atoms with Crippen LogP contribution in [0.2, 0.25) is 24.2 Å². The Balaban J connectivity index is 0.879. The quantitative estimate of drug-likeness (QED) is 0.0632. The van der Waals surface area contributed by atoms with Crippen molar-refractivity contribution in [1.82, 2.24) is 0 Å². The molecule has 0 aromatic rings. The molecule has 5 saturated carbocycles. The molecule has 61 heavy (non-hydrogen) atoms. The summed E-state index contributed by atoms with van der Waals surface area (Å²) < 4.78 is 78.4. The molecular formula is C43H77O13SSi4+. The lowest BCUT2D eigenvalue weighted by Crippen LogP contribution is -2.61. The molecule has 6 aliphatic heterocycles. The zero-order valence-corrected chi connectivity index (χ0v) is 42.5. The van der Waals surface area contributed by atoms with E-state index in [1.807, 2.05) is 7.11 Å². The first kappa shape index (κ1) is 45.5. The van der Waals surface area contributed by atoms with Crippen LogP contribution < -0.4 is 0 Å². The van der Waals surface area contributed by atoms with Crippen LogP contribution in [-0.4, -0.2) is 135 Å². The van der Waals surface area contributed by atoms with E-state index in [4.69, 9.17) is 53.2 Å². The van der Waals surface area contributed by atoms with E-state index in [0.717, 1.165) is 120 Å². The smallest absolute Gasteiger partial charge is 0.412 e. The summed E-state index contributed by atoms with van der Waals surface area (Å²) in [5.74, 6) is 3.46. The van der Waals surface area contributed by atoms with Gasteiger partial charge < -0.3 is 50.3 Å². The molecule has 348 valence electrons. The topological polar surface area (TPSA) is 144 Å². The van der Waals surface area contributed by atoms with Crippen LogP contribution in [0.5, 0.6) is 0 Å². The molecule has 1 N–H and O–H groups in total. The van der Waals surface area contributed by atoms with Crippen LogP contribution in [0.4, 0.5) is 0 Å². The van der Waals surface area contributed by atoms with E-state index in [2.05, 4.69) is 6.92 Å². The van der Waals surface area contributed by atoms with Gasteiger partial charge in [-0.3, -0.25) is 0 Å². The predicted octanol–water partition coefficient (Wildman–Crippen LogP) is 6.19. The third kappa shape index (κ3) is 11.5. The Kier molecular flexibility index (Phi) is 14.7. The molecule has 11 fully saturated rings.